The van der Waals surface area contributed by atoms with Gasteiger partial charge in [-0.2, -0.15) is 0 Å². The lowest BCUT2D eigenvalue weighted by Crippen LogP contribution is -2.45. The van der Waals surface area contributed by atoms with Crippen molar-refractivity contribution < 1.29 is 13.5 Å². The zero-order valence-corrected chi connectivity index (χ0v) is 21.9. The van der Waals surface area contributed by atoms with Crippen molar-refractivity contribution in [2.75, 3.05) is 13.7 Å². The molecule has 1 heterocycles. The van der Waals surface area contributed by atoms with Crippen LogP contribution in [0.15, 0.2) is 76.3 Å². The van der Waals surface area contributed by atoms with Crippen molar-refractivity contribution in [2.45, 2.75) is 39.9 Å². The molecule has 38 heavy (non-hydrogen) atoms. The van der Waals surface area contributed by atoms with Crippen LogP contribution in [0, 0.1) is 25.5 Å². The highest BCUT2D eigenvalue weighted by molar-refractivity contribution is 5.66. The standard InChI is InChI=1S/C30H31F2N3O3/c1-19-9-5-6-10-23(19)17-33-16-20(2)35-29(36)28(22-11-7-12-24(15-22)38-4)21(3)34(30(35)37)18-25-26(31)13-8-14-27(25)32/h5-15,20,33H,16-18H2,1-4H3/t20-/m1/s1. The van der Waals surface area contributed by atoms with Crippen molar-refractivity contribution in [2.24, 2.45) is 0 Å². The largest absolute Gasteiger partial charge is 0.497 e. The number of methoxy groups -OCH3 is 1. The normalized spacial score (nSPS) is 11.9. The first kappa shape index (κ1) is 27.0. The van der Waals surface area contributed by atoms with Crippen LogP contribution in [0.1, 0.15) is 35.3 Å². The summed E-state index contributed by atoms with van der Waals surface area (Å²) < 4.78 is 36.9. The Morgan fingerprint density at radius 1 is 0.947 bits per heavy atom. The Balaban J connectivity index is 1.81. The molecule has 0 aliphatic heterocycles. The molecule has 1 aromatic heterocycles. The molecule has 198 valence electrons. The van der Waals surface area contributed by atoms with Gasteiger partial charge in [-0.25, -0.2) is 13.6 Å². The number of nitrogens with zero attached hydrogens (tertiary/aromatic N) is 2. The quantitative estimate of drug-likeness (QED) is 0.339. The summed E-state index contributed by atoms with van der Waals surface area (Å²) in [4.78, 5) is 27.5. The highest BCUT2D eigenvalue weighted by Crippen LogP contribution is 2.25. The van der Waals surface area contributed by atoms with E-state index in [-0.39, 0.29) is 17.7 Å². The Hall–Kier alpha value is -4.04. The fraction of sp³-hybridized carbons (Fsp3) is 0.267. The maximum absolute atomic E-state index is 14.6. The average molecular weight is 520 g/mol. The number of ether oxygens (including phenoxy) is 1. The Kier molecular flexibility index (Phi) is 8.22. The van der Waals surface area contributed by atoms with E-state index in [1.54, 1.807) is 38.1 Å². The van der Waals surface area contributed by atoms with Crippen LogP contribution < -0.4 is 21.3 Å². The van der Waals surface area contributed by atoms with Gasteiger partial charge in [0.05, 0.1) is 25.3 Å². The molecule has 0 saturated carbocycles. The molecular formula is C30H31F2N3O3. The van der Waals surface area contributed by atoms with Crippen LogP contribution in [0.3, 0.4) is 0 Å². The summed E-state index contributed by atoms with van der Waals surface area (Å²) in [6.07, 6.45) is 0. The second-order valence-corrected chi connectivity index (χ2v) is 9.34. The topological polar surface area (TPSA) is 65.3 Å². The molecule has 6 nitrogen and oxygen atoms in total. The maximum Gasteiger partial charge on any atom is 0.331 e. The number of rotatable bonds is 9. The molecule has 4 rings (SSSR count). The molecule has 1 N–H and O–H groups in total. The van der Waals surface area contributed by atoms with Gasteiger partial charge in [-0.1, -0.05) is 42.5 Å². The van der Waals surface area contributed by atoms with Crippen LogP contribution in [0.4, 0.5) is 8.78 Å². The van der Waals surface area contributed by atoms with Crippen LogP contribution >= 0.6 is 0 Å². The Morgan fingerprint density at radius 3 is 2.32 bits per heavy atom. The fourth-order valence-corrected chi connectivity index (χ4v) is 4.61. The van der Waals surface area contributed by atoms with E-state index in [9.17, 15) is 18.4 Å². The molecule has 0 aliphatic rings. The van der Waals surface area contributed by atoms with Crippen LogP contribution in [0.2, 0.25) is 0 Å². The van der Waals surface area contributed by atoms with Gasteiger partial charge in [-0.15, -0.1) is 0 Å². The van der Waals surface area contributed by atoms with Crippen molar-refractivity contribution in [3.63, 3.8) is 0 Å². The molecule has 0 spiro atoms. The molecular weight excluding hydrogens is 488 g/mol. The van der Waals surface area contributed by atoms with Gasteiger partial charge in [0.1, 0.15) is 17.4 Å². The van der Waals surface area contributed by atoms with Crippen LogP contribution in [0.25, 0.3) is 11.1 Å². The third kappa shape index (κ3) is 5.45. The molecule has 8 heteroatoms. The van der Waals surface area contributed by atoms with Gasteiger partial charge < -0.3 is 10.1 Å². The molecule has 0 fully saturated rings. The number of aryl methyl sites for hydroxylation is 1. The van der Waals surface area contributed by atoms with Crippen molar-refractivity contribution in [1.82, 2.24) is 14.5 Å². The molecule has 4 aromatic rings. The summed E-state index contributed by atoms with van der Waals surface area (Å²) >= 11 is 0. The number of benzene rings is 3. The van der Waals surface area contributed by atoms with E-state index in [0.717, 1.165) is 27.8 Å². The number of hydrogen-bond acceptors (Lipinski definition) is 4. The van der Waals surface area contributed by atoms with E-state index < -0.39 is 28.9 Å². The Morgan fingerprint density at radius 2 is 1.63 bits per heavy atom. The Labute approximate surface area is 220 Å². The van der Waals surface area contributed by atoms with Crippen LogP contribution in [0.5, 0.6) is 5.75 Å². The van der Waals surface area contributed by atoms with Gasteiger partial charge >= 0.3 is 5.69 Å². The summed E-state index contributed by atoms with van der Waals surface area (Å²) in [5.41, 5.74) is 2.02. The van der Waals surface area contributed by atoms with Gasteiger partial charge in [-0.05, 0) is 61.7 Å². The van der Waals surface area contributed by atoms with Crippen LogP contribution in [-0.4, -0.2) is 22.8 Å². The first-order valence-electron chi connectivity index (χ1n) is 12.4. The summed E-state index contributed by atoms with van der Waals surface area (Å²) in [6, 6.07) is 17.9. The lowest BCUT2D eigenvalue weighted by molar-refractivity contribution is 0.415. The molecule has 0 aliphatic carbocycles. The highest BCUT2D eigenvalue weighted by atomic mass is 19.1. The van der Waals surface area contributed by atoms with Gasteiger partial charge in [0, 0.05) is 24.3 Å². The van der Waals surface area contributed by atoms with E-state index in [1.807, 2.05) is 31.2 Å². The monoisotopic (exact) mass is 519 g/mol. The second-order valence-electron chi connectivity index (χ2n) is 9.34. The van der Waals surface area contributed by atoms with Gasteiger partial charge in [0.25, 0.3) is 5.56 Å². The zero-order valence-electron chi connectivity index (χ0n) is 21.9. The van der Waals surface area contributed by atoms with E-state index in [4.69, 9.17) is 4.74 Å². The minimum absolute atomic E-state index is 0.246. The van der Waals surface area contributed by atoms with Crippen molar-refractivity contribution in [3.05, 3.63) is 122 Å². The maximum atomic E-state index is 14.6. The molecule has 0 saturated heterocycles. The van der Waals surface area contributed by atoms with Crippen molar-refractivity contribution in [3.8, 4) is 16.9 Å². The van der Waals surface area contributed by atoms with E-state index in [0.29, 0.717) is 30.1 Å². The predicted molar refractivity (Wildman–Crippen MR) is 145 cm³/mol. The Bertz CT molecular complexity index is 1560. The molecule has 0 bridgehead atoms. The summed E-state index contributed by atoms with van der Waals surface area (Å²) in [5.74, 6) is -0.978. The summed E-state index contributed by atoms with van der Waals surface area (Å²) in [6.45, 7) is 5.94. The first-order valence-corrected chi connectivity index (χ1v) is 12.4. The number of halogens is 2. The number of nitrogens with one attached hydrogen (secondary N) is 1. The second kappa shape index (κ2) is 11.6. The summed E-state index contributed by atoms with van der Waals surface area (Å²) in [7, 11) is 1.52. The molecule has 0 radical (unpaired) electrons. The summed E-state index contributed by atoms with van der Waals surface area (Å²) in [5, 5.41) is 3.33. The molecule has 3 aromatic carbocycles. The smallest absolute Gasteiger partial charge is 0.331 e. The number of aromatic nitrogens is 2. The molecule has 0 amide bonds. The third-order valence-corrected chi connectivity index (χ3v) is 6.83. The van der Waals surface area contributed by atoms with Gasteiger partial charge in [0.15, 0.2) is 0 Å². The van der Waals surface area contributed by atoms with Crippen molar-refractivity contribution in [1.29, 1.82) is 0 Å². The lowest BCUT2D eigenvalue weighted by atomic mass is 10.0. The van der Waals surface area contributed by atoms with Gasteiger partial charge in [-0.3, -0.25) is 13.9 Å². The minimum Gasteiger partial charge on any atom is -0.497 e. The predicted octanol–water partition coefficient (Wildman–Crippen LogP) is 4.98. The molecule has 0 unspecified atom stereocenters. The number of hydrogen-bond donors (Lipinski definition) is 1. The van der Waals surface area contributed by atoms with Crippen LogP contribution in [-0.2, 0) is 13.1 Å². The average Bonchev–Trinajstić information content (AvgIpc) is 2.89. The lowest BCUT2D eigenvalue weighted by Gasteiger charge is -2.22. The third-order valence-electron chi connectivity index (χ3n) is 6.83. The van der Waals surface area contributed by atoms with E-state index in [2.05, 4.69) is 5.32 Å². The fourth-order valence-electron chi connectivity index (χ4n) is 4.61. The van der Waals surface area contributed by atoms with E-state index in [1.165, 1.54) is 17.7 Å². The molecule has 1 atom stereocenters. The van der Waals surface area contributed by atoms with E-state index >= 15 is 0 Å². The van der Waals surface area contributed by atoms with Gasteiger partial charge in [0.2, 0.25) is 0 Å². The first-order chi connectivity index (χ1) is 18.2. The minimum atomic E-state index is -0.759. The highest BCUT2D eigenvalue weighted by Gasteiger charge is 2.23. The SMILES string of the molecule is COc1cccc(-c2c(C)n(Cc3c(F)cccc3F)c(=O)n([C@H](C)CNCc3ccccc3C)c2=O)c1. The zero-order chi connectivity index (χ0) is 27.4. The van der Waals surface area contributed by atoms with Crippen molar-refractivity contribution >= 4 is 0 Å².